The molecule has 0 aliphatic rings. The van der Waals surface area contributed by atoms with E-state index < -0.39 is 5.91 Å². The van der Waals surface area contributed by atoms with Crippen molar-refractivity contribution in [3.8, 4) is 0 Å². The molecule has 0 spiro atoms. The predicted octanol–water partition coefficient (Wildman–Crippen LogP) is 0.366. The van der Waals surface area contributed by atoms with Gasteiger partial charge in [-0.3, -0.25) is 15.1 Å². The fourth-order valence-electron chi connectivity index (χ4n) is 1.52. The second kappa shape index (κ2) is 5.62. The van der Waals surface area contributed by atoms with Crippen LogP contribution in [0.5, 0.6) is 0 Å². The summed E-state index contributed by atoms with van der Waals surface area (Å²) in [6.45, 7) is 5.87. The lowest BCUT2D eigenvalue weighted by Gasteiger charge is -2.16. The van der Waals surface area contributed by atoms with E-state index in [2.05, 4.69) is 23.9 Å². The first-order chi connectivity index (χ1) is 7.52. The molecule has 6 nitrogen and oxygen atoms in total. The number of hydrazine groups is 1. The largest absolute Gasteiger partial charge is 0.359 e. The van der Waals surface area contributed by atoms with Gasteiger partial charge in [0.05, 0.1) is 6.54 Å². The third-order valence-electron chi connectivity index (χ3n) is 2.03. The molecule has 1 aromatic heterocycles. The fourth-order valence-corrected chi connectivity index (χ4v) is 1.52. The van der Waals surface area contributed by atoms with Gasteiger partial charge in [0.2, 0.25) is 0 Å². The number of aromatic nitrogens is 1. The number of nitrogen functional groups attached to an aromatic ring is 1. The van der Waals surface area contributed by atoms with Gasteiger partial charge in [-0.15, -0.1) is 0 Å². The van der Waals surface area contributed by atoms with Gasteiger partial charge in [0.15, 0.2) is 11.5 Å². The molecule has 0 saturated heterocycles. The average molecular weight is 226 g/mol. The first-order valence-corrected chi connectivity index (χ1v) is 5.18. The highest BCUT2D eigenvalue weighted by molar-refractivity contribution is 5.91. The minimum Gasteiger partial charge on any atom is -0.359 e. The Morgan fingerprint density at radius 1 is 1.69 bits per heavy atom. The van der Waals surface area contributed by atoms with E-state index in [9.17, 15) is 4.79 Å². The number of nitrogens with zero attached hydrogens (tertiary/aromatic N) is 2. The highest BCUT2D eigenvalue weighted by Gasteiger charge is 2.12. The summed E-state index contributed by atoms with van der Waals surface area (Å²) < 4.78 is 5.03. The van der Waals surface area contributed by atoms with Crippen LogP contribution in [0.15, 0.2) is 10.6 Å². The van der Waals surface area contributed by atoms with Crippen LogP contribution in [0.1, 0.15) is 30.1 Å². The van der Waals surface area contributed by atoms with Crippen molar-refractivity contribution in [2.45, 2.75) is 20.4 Å². The number of carbonyl (C=O) groups is 1. The number of nitrogens with one attached hydrogen (secondary N) is 1. The molecule has 0 fully saturated rings. The molecule has 0 atom stereocenters. The Kier molecular flexibility index (Phi) is 4.45. The smallest absolute Gasteiger partial charge is 0.287 e. The number of carbonyl (C=O) groups excluding carboxylic acids is 1. The van der Waals surface area contributed by atoms with E-state index in [-0.39, 0.29) is 5.69 Å². The summed E-state index contributed by atoms with van der Waals surface area (Å²) in [5.41, 5.74) is 2.21. The summed E-state index contributed by atoms with van der Waals surface area (Å²) in [5, 5.41) is 3.63. The Bertz CT molecular complexity index is 348. The first-order valence-electron chi connectivity index (χ1n) is 5.18. The van der Waals surface area contributed by atoms with Crippen molar-refractivity contribution < 1.29 is 9.32 Å². The zero-order valence-corrected chi connectivity index (χ0v) is 9.86. The molecule has 1 amide bonds. The van der Waals surface area contributed by atoms with Crippen molar-refractivity contribution in [1.29, 1.82) is 0 Å². The lowest BCUT2D eigenvalue weighted by Crippen LogP contribution is -2.30. The van der Waals surface area contributed by atoms with Gasteiger partial charge in [-0.1, -0.05) is 19.0 Å². The Hall–Kier alpha value is -1.40. The summed E-state index contributed by atoms with van der Waals surface area (Å²) in [7, 11) is 1.99. The third kappa shape index (κ3) is 3.63. The molecule has 0 saturated carbocycles. The maximum Gasteiger partial charge on any atom is 0.287 e. The third-order valence-corrected chi connectivity index (χ3v) is 2.03. The zero-order valence-electron chi connectivity index (χ0n) is 9.86. The quantitative estimate of drug-likeness (QED) is 0.430. The molecule has 1 rings (SSSR count). The second-order valence-electron chi connectivity index (χ2n) is 4.24. The standard InChI is InChI=1S/C10H18N4O2/c1-7(2)5-14(3)6-8-4-9(13-16-8)10(15)12-11/h4,7H,5-6,11H2,1-3H3,(H,12,15). The van der Waals surface area contributed by atoms with E-state index >= 15 is 0 Å². The topological polar surface area (TPSA) is 84.4 Å². The van der Waals surface area contributed by atoms with Gasteiger partial charge in [-0.05, 0) is 13.0 Å². The monoisotopic (exact) mass is 226 g/mol. The molecule has 0 radical (unpaired) electrons. The Labute approximate surface area is 94.7 Å². The van der Waals surface area contributed by atoms with Crippen LogP contribution in [0, 0.1) is 5.92 Å². The summed E-state index contributed by atoms with van der Waals surface area (Å²) in [6.07, 6.45) is 0. The van der Waals surface area contributed by atoms with Gasteiger partial charge in [-0.25, -0.2) is 5.84 Å². The Morgan fingerprint density at radius 3 is 2.94 bits per heavy atom. The van der Waals surface area contributed by atoms with Crippen molar-refractivity contribution in [2.24, 2.45) is 11.8 Å². The van der Waals surface area contributed by atoms with E-state index in [1.54, 1.807) is 6.07 Å². The lowest BCUT2D eigenvalue weighted by molar-refractivity contribution is 0.0944. The summed E-state index contributed by atoms with van der Waals surface area (Å²) >= 11 is 0. The van der Waals surface area contributed by atoms with Crippen molar-refractivity contribution in [1.82, 2.24) is 15.5 Å². The van der Waals surface area contributed by atoms with Crippen molar-refractivity contribution in [2.75, 3.05) is 13.6 Å². The van der Waals surface area contributed by atoms with Crippen LogP contribution in [-0.4, -0.2) is 29.6 Å². The molecule has 0 aliphatic carbocycles. The van der Waals surface area contributed by atoms with E-state index in [1.807, 2.05) is 12.5 Å². The van der Waals surface area contributed by atoms with Gasteiger partial charge in [0.1, 0.15) is 0 Å². The molecule has 16 heavy (non-hydrogen) atoms. The molecule has 3 N–H and O–H groups in total. The first kappa shape index (κ1) is 12.7. The molecule has 90 valence electrons. The second-order valence-corrected chi connectivity index (χ2v) is 4.24. The van der Waals surface area contributed by atoms with Crippen molar-refractivity contribution in [3.63, 3.8) is 0 Å². The molecule has 0 bridgehead atoms. The molecule has 1 aromatic rings. The van der Waals surface area contributed by atoms with Crippen LogP contribution in [0.3, 0.4) is 0 Å². The number of nitrogens with two attached hydrogens (primary N) is 1. The molecule has 1 heterocycles. The molecular weight excluding hydrogens is 208 g/mol. The maximum atomic E-state index is 11.1. The van der Waals surface area contributed by atoms with E-state index in [0.29, 0.717) is 18.2 Å². The lowest BCUT2D eigenvalue weighted by atomic mass is 10.2. The molecular formula is C10H18N4O2. The highest BCUT2D eigenvalue weighted by atomic mass is 16.5. The number of rotatable bonds is 5. The summed E-state index contributed by atoms with van der Waals surface area (Å²) in [4.78, 5) is 13.2. The normalized spacial score (nSPS) is 11.1. The van der Waals surface area contributed by atoms with E-state index in [0.717, 1.165) is 6.54 Å². The van der Waals surface area contributed by atoms with E-state index in [1.165, 1.54) is 0 Å². The number of hydrogen-bond donors (Lipinski definition) is 2. The van der Waals surface area contributed by atoms with Crippen LogP contribution in [-0.2, 0) is 6.54 Å². The average Bonchev–Trinajstić information content (AvgIpc) is 2.63. The maximum absolute atomic E-state index is 11.1. The minimum atomic E-state index is -0.443. The molecule has 0 aliphatic heterocycles. The SMILES string of the molecule is CC(C)CN(C)Cc1cc(C(=O)NN)no1. The molecule has 0 unspecified atom stereocenters. The fraction of sp³-hybridized carbons (Fsp3) is 0.600. The van der Waals surface area contributed by atoms with Crippen molar-refractivity contribution >= 4 is 5.91 Å². The molecule has 6 heteroatoms. The van der Waals surface area contributed by atoms with Gasteiger partial charge in [-0.2, -0.15) is 0 Å². The van der Waals surface area contributed by atoms with Crippen LogP contribution in [0.2, 0.25) is 0 Å². The summed E-state index contributed by atoms with van der Waals surface area (Å²) in [6, 6.07) is 1.60. The Balaban J connectivity index is 2.55. The Morgan fingerprint density at radius 2 is 2.38 bits per heavy atom. The summed E-state index contributed by atoms with van der Waals surface area (Å²) in [5.74, 6) is 5.78. The van der Waals surface area contributed by atoms with Crippen molar-refractivity contribution in [3.05, 3.63) is 17.5 Å². The number of amides is 1. The van der Waals surface area contributed by atoms with Crippen LogP contribution in [0.25, 0.3) is 0 Å². The van der Waals surface area contributed by atoms with Gasteiger partial charge in [0, 0.05) is 12.6 Å². The highest BCUT2D eigenvalue weighted by Crippen LogP contribution is 2.07. The van der Waals surface area contributed by atoms with E-state index in [4.69, 9.17) is 10.4 Å². The van der Waals surface area contributed by atoms with Gasteiger partial charge in [0.25, 0.3) is 5.91 Å². The van der Waals surface area contributed by atoms with Crippen LogP contribution < -0.4 is 11.3 Å². The van der Waals surface area contributed by atoms with Gasteiger partial charge >= 0.3 is 0 Å². The van der Waals surface area contributed by atoms with Gasteiger partial charge < -0.3 is 4.52 Å². The van der Waals surface area contributed by atoms with Crippen LogP contribution >= 0.6 is 0 Å². The number of hydrogen-bond acceptors (Lipinski definition) is 5. The predicted molar refractivity (Wildman–Crippen MR) is 59.3 cm³/mol. The zero-order chi connectivity index (χ0) is 12.1. The minimum absolute atomic E-state index is 0.204. The van der Waals surface area contributed by atoms with Crippen LogP contribution in [0.4, 0.5) is 0 Å². The molecule has 0 aromatic carbocycles.